The molecule has 0 aromatic carbocycles. The predicted molar refractivity (Wildman–Crippen MR) is 128 cm³/mol. The number of esters is 2. The van der Waals surface area contributed by atoms with Crippen LogP contribution in [0.25, 0.3) is 10.4 Å². The van der Waals surface area contributed by atoms with Crippen molar-refractivity contribution >= 4 is 19.8 Å². The van der Waals surface area contributed by atoms with E-state index in [0.29, 0.717) is 25.7 Å². The average molecular weight is 508 g/mol. The second kappa shape index (κ2) is 20.7. The molecule has 0 aromatic rings. The lowest BCUT2D eigenvalue weighted by atomic mass is 10.2. The standard InChI is InChI=1S/C22H42N3O8P/c1-5-9-13-21(26)32-19(17-24-25-23)20(33-22(27)14-10-6-2)18-31-34(28,29-15-11-7-3)30-16-12-8-4/h19-20H,5-18H2,1-4H3/t19-,20-/m0/s1. The zero-order chi connectivity index (χ0) is 25.7. The van der Waals surface area contributed by atoms with Crippen molar-refractivity contribution in [1.29, 1.82) is 0 Å². The van der Waals surface area contributed by atoms with Crippen LogP contribution in [0.4, 0.5) is 0 Å². The van der Waals surface area contributed by atoms with Gasteiger partial charge in [-0.2, -0.15) is 0 Å². The van der Waals surface area contributed by atoms with Gasteiger partial charge in [-0.1, -0.05) is 58.5 Å². The Balaban J connectivity index is 5.58. The fraction of sp³-hybridized carbons (Fsp3) is 0.909. The van der Waals surface area contributed by atoms with Crippen LogP contribution in [0.5, 0.6) is 0 Å². The maximum Gasteiger partial charge on any atom is 0.474 e. The molecule has 0 aliphatic heterocycles. The van der Waals surface area contributed by atoms with E-state index in [1.807, 2.05) is 27.7 Å². The van der Waals surface area contributed by atoms with Crippen LogP contribution < -0.4 is 0 Å². The van der Waals surface area contributed by atoms with Gasteiger partial charge in [-0.25, -0.2) is 4.57 Å². The first-order valence-electron chi connectivity index (χ1n) is 12.3. The lowest BCUT2D eigenvalue weighted by Crippen LogP contribution is -2.40. The Morgan fingerprint density at radius 1 is 0.794 bits per heavy atom. The van der Waals surface area contributed by atoms with Crippen LogP contribution >= 0.6 is 7.82 Å². The van der Waals surface area contributed by atoms with Crippen molar-refractivity contribution in [1.82, 2.24) is 0 Å². The van der Waals surface area contributed by atoms with Gasteiger partial charge in [0.05, 0.1) is 26.4 Å². The number of carbonyl (C=O) groups is 2. The first-order chi connectivity index (χ1) is 16.4. The van der Waals surface area contributed by atoms with Crippen LogP contribution in [0.3, 0.4) is 0 Å². The molecule has 0 saturated heterocycles. The molecule has 0 bridgehead atoms. The second-order valence-electron chi connectivity index (χ2n) is 7.79. The van der Waals surface area contributed by atoms with Crippen molar-refractivity contribution in [3.8, 4) is 0 Å². The van der Waals surface area contributed by atoms with E-state index >= 15 is 0 Å². The van der Waals surface area contributed by atoms with Gasteiger partial charge in [-0.15, -0.1) is 0 Å². The zero-order valence-electron chi connectivity index (χ0n) is 21.1. The SMILES string of the molecule is CCCCOP(=O)(OCCCC)OC[C@H](OC(=O)CCCC)[C@H](CN=[N+]=[N-])OC(=O)CCCC. The van der Waals surface area contributed by atoms with Crippen LogP contribution in [0.2, 0.25) is 0 Å². The summed E-state index contributed by atoms with van der Waals surface area (Å²) in [6.45, 7) is 7.46. The van der Waals surface area contributed by atoms with Gasteiger partial charge in [0.25, 0.3) is 0 Å². The van der Waals surface area contributed by atoms with Crippen molar-refractivity contribution in [2.75, 3.05) is 26.4 Å². The second-order valence-corrected chi connectivity index (χ2v) is 9.46. The summed E-state index contributed by atoms with van der Waals surface area (Å²) < 4.78 is 40.4. The summed E-state index contributed by atoms with van der Waals surface area (Å²) in [5.41, 5.74) is 8.76. The van der Waals surface area contributed by atoms with Crippen LogP contribution in [0.15, 0.2) is 5.11 Å². The summed E-state index contributed by atoms with van der Waals surface area (Å²) in [4.78, 5) is 27.3. The fourth-order valence-corrected chi connectivity index (χ4v) is 3.84. The van der Waals surface area contributed by atoms with E-state index in [-0.39, 0.29) is 32.6 Å². The van der Waals surface area contributed by atoms with Crippen molar-refractivity contribution in [2.24, 2.45) is 5.11 Å². The molecule has 0 aromatic heterocycles. The van der Waals surface area contributed by atoms with Gasteiger partial charge in [0.1, 0.15) is 6.10 Å². The number of hydrogen-bond donors (Lipinski definition) is 0. The Kier molecular flexibility index (Phi) is 19.7. The number of azide groups is 1. The Bertz CT molecular complexity index is 644. The van der Waals surface area contributed by atoms with Gasteiger partial charge < -0.3 is 9.47 Å². The van der Waals surface area contributed by atoms with Crippen molar-refractivity contribution in [2.45, 2.75) is 104 Å². The lowest BCUT2D eigenvalue weighted by Gasteiger charge is -2.27. The van der Waals surface area contributed by atoms with Crippen molar-refractivity contribution in [3.05, 3.63) is 10.4 Å². The number of phosphoric ester groups is 1. The highest BCUT2D eigenvalue weighted by Gasteiger charge is 2.34. The third-order valence-electron chi connectivity index (χ3n) is 4.67. The number of unbranched alkanes of at least 4 members (excludes halogenated alkanes) is 4. The largest absolute Gasteiger partial charge is 0.474 e. The minimum Gasteiger partial charge on any atom is -0.458 e. The monoisotopic (exact) mass is 507 g/mol. The smallest absolute Gasteiger partial charge is 0.458 e. The molecule has 0 radical (unpaired) electrons. The van der Waals surface area contributed by atoms with Crippen LogP contribution in [-0.4, -0.2) is 50.5 Å². The van der Waals surface area contributed by atoms with E-state index in [2.05, 4.69) is 10.0 Å². The minimum absolute atomic E-state index is 0.155. The lowest BCUT2D eigenvalue weighted by molar-refractivity contribution is -0.170. The number of rotatable bonds is 22. The molecule has 2 atom stereocenters. The summed E-state index contributed by atoms with van der Waals surface area (Å²) in [6, 6.07) is 0. The van der Waals surface area contributed by atoms with Crippen molar-refractivity contribution < 1.29 is 37.2 Å². The van der Waals surface area contributed by atoms with Gasteiger partial charge in [-0.3, -0.25) is 23.2 Å². The molecule has 0 amide bonds. The average Bonchev–Trinajstić information content (AvgIpc) is 2.82. The van der Waals surface area contributed by atoms with E-state index in [9.17, 15) is 14.2 Å². The van der Waals surface area contributed by atoms with Crippen LogP contribution in [-0.2, 0) is 37.2 Å². The first kappa shape index (κ1) is 32.4. The molecule has 0 aliphatic rings. The summed E-state index contributed by atoms with van der Waals surface area (Å²) in [5, 5.41) is 3.49. The number of carbonyl (C=O) groups excluding carboxylic acids is 2. The van der Waals surface area contributed by atoms with E-state index in [4.69, 9.17) is 28.6 Å². The van der Waals surface area contributed by atoms with Gasteiger partial charge in [0.15, 0.2) is 6.10 Å². The highest BCUT2D eigenvalue weighted by atomic mass is 31.2. The maximum atomic E-state index is 13.1. The molecule has 34 heavy (non-hydrogen) atoms. The van der Waals surface area contributed by atoms with Crippen LogP contribution in [0.1, 0.15) is 91.9 Å². The summed E-state index contributed by atoms with van der Waals surface area (Å²) in [6.07, 6.45) is 3.86. The van der Waals surface area contributed by atoms with Crippen LogP contribution in [0, 0.1) is 0 Å². The normalized spacial score (nSPS) is 13.1. The Labute approximate surface area is 203 Å². The molecule has 198 valence electrons. The van der Waals surface area contributed by atoms with Gasteiger partial charge in [0.2, 0.25) is 0 Å². The number of ether oxygens (including phenoxy) is 2. The van der Waals surface area contributed by atoms with Gasteiger partial charge in [-0.05, 0) is 31.2 Å². The molecule has 0 fully saturated rings. The zero-order valence-corrected chi connectivity index (χ0v) is 22.0. The van der Waals surface area contributed by atoms with Gasteiger partial charge in [0, 0.05) is 17.8 Å². The Morgan fingerprint density at radius 3 is 1.71 bits per heavy atom. The predicted octanol–water partition coefficient (Wildman–Crippen LogP) is 6.26. The molecule has 12 heteroatoms. The summed E-state index contributed by atoms with van der Waals surface area (Å²) in [7, 11) is -3.95. The van der Waals surface area contributed by atoms with Gasteiger partial charge >= 0.3 is 19.8 Å². The first-order valence-corrected chi connectivity index (χ1v) is 13.7. The van der Waals surface area contributed by atoms with E-state index in [1.165, 1.54) is 0 Å². The fourth-order valence-electron chi connectivity index (χ4n) is 2.58. The Hall–Kier alpha value is -1.64. The molecule has 0 aliphatic carbocycles. The maximum absolute atomic E-state index is 13.1. The number of phosphoric acid groups is 1. The van der Waals surface area contributed by atoms with E-state index < -0.39 is 38.6 Å². The topological polar surface area (TPSA) is 146 Å². The molecule has 0 heterocycles. The molecule has 0 saturated carbocycles. The molecule has 11 nitrogen and oxygen atoms in total. The van der Waals surface area contributed by atoms with E-state index in [1.54, 1.807) is 0 Å². The number of hydrogen-bond acceptors (Lipinski definition) is 9. The molecule has 0 N–H and O–H groups in total. The van der Waals surface area contributed by atoms with E-state index in [0.717, 1.165) is 25.7 Å². The van der Waals surface area contributed by atoms with Crippen molar-refractivity contribution in [3.63, 3.8) is 0 Å². The summed E-state index contributed by atoms with van der Waals surface area (Å²) >= 11 is 0. The quantitative estimate of drug-likeness (QED) is 0.0417. The summed E-state index contributed by atoms with van der Waals surface area (Å²) in [5.74, 6) is -1.05. The minimum atomic E-state index is -3.95. The highest BCUT2D eigenvalue weighted by Crippen LogP contribution is 2.50. The Morgan fingerprint density at radius 2 is 1.26 bits per heavy atom. The molecule has 0 rings (SSSR count). The molecule has 0 spiro atoms. The molecular formula is C22H42N3O8P. The molecular weight excluding hydrogens is 465 g/mol. The third kappa shape index (κ3) is 16.1. The number of nitrogens with zero attached hydrogens (tertiary/aromatic N) is 3. The molecule has 0 unspecified atom stereocenters. The highest BCUT2D eigenvalue weighted by molar-refractivity contribution is 7.48. The third-order valence-corrected chi connectivity index (χ3v) is 6.13.